The first-order valence-corrected chi connectivity index (χ1v) is 9.36. The summed E-state index contributed by atoms with van der Waals surface area (Å²) in [6.45, 7) is 1.23. The number of benzene rings is 1. The van der Waals surface area contributed by atoms with Gasteiger partial charge >= 0.3 is 0 Å². The minimum atomic E-state index is -0.682. The van der Waals surface area contributed by atoms with E-state index in [0.717, 1.165) is 6.42 Å². The number of amides is 4. The number of rotatable bonds is 4. The highest BCUT2D eigenvalue weighted by Crippen LogP contribution is 2.33. The van der Waals surface area contributed by atoms with Crippen molar-refractivity contribution < 1.29 is 23.9 Å². The fourth-order valence-corrected chi connectivity index (χ4v) is 3.94. The molecule has 3 heterocycles. The first kappa shape index (κ1) is 18.4. The van der Waals surface area contributed by atoms with E-state index in [1.165, 1.54) is 4.90 Å². The van der Waals surface area contributed by atoms with Crippen LogP contribution >= 0.6 is 0 Å². The number of nitrogens with one attached hydrogen (secondary N) is 1. The van der Waals surface area contributed by atoms with Crippen LogP contribution in [0.3, 0.4) is 0 Å². The number of piperidine rings is 1. The Morgan fingerprint density at radius 3 is 2.79 bits per heavy atom. The van der Waals surface area contributed by atoms with E-state index < -0.39 is 11.9 Å². The number of nitrogens with two attached hydrogens (primary N) is 1. The molecule has 0 spiro atoms. The molecule has 9 heteroatoms. The molecule has 3 N–H and O–H groups in total. The summed E-state index contributed by atoms with van der Waals surface area (Å²) in [5, 5.41) is 2.28. The second-order valence-corrected chi connectivity index (χ2v) is 7.36. The quantitative estimate of drug-likeness (QED) is 0.666. The maximum absolute atomic E-state index is 12.8. The molecule has 3 aliphatic heterocycles. The molecular formula is C19H22N4O5. The van der Waals surface area contributed by atoms with Crippen LogP contribution in [-0.4, -0.2) is 65.2 Å². The maximum Gasteiger partial charge on any atom is 0.260 e. The number of carbonyl (C=O) groups excluding carboxylic acids is 4. The van der Waals surface area contributed by atoms with Crippen molar-refractivity contribution in [2.24, 2.45) is 5.73 Å². The van der Waals surface area contributed by atoms with Gasteiger partial charge in [0.2, 0.25) is 11.8 Å². The average molecular weight is 386 g/mol. The predicted octanol–water partition coefficient (Wildman–Crippen LogP) is -0.614. The maximum atomic E-state index is 12.8. The van der Waals surface area contributed by atoms with Gasteiger partial charge in [-0.15, -0.1) is 0 Å². The van der Waals surface area contributed by atoms with Crippen molar-refractivity contribution >= 4 is 23.6 Å². The van der Waals surface area contributed by atoms with Crippen LogP contribution in [0.4, 0.5) is 0 Å². The molecule has 4 amide bonds. The van der Waals surface area contributed by atoms with E-state index in [9.17, 15) is 19.2 Å². The van der Waals surface area contributed by atoms with Crippen LogP contribution in [0.2, 0.25) is 0 Å². The van der Waals surface area contributed by atoms with Gasteiger partial charge < -0.3 is 20.3 Å². The van der Waals surface area contributed by atoms with Crippen molar-refractivity contribution in [1.29, 1.82) is 0 Å². The van der Waals surface area contributed by atoms with Gasteiger partial charge in [-0.2, -0.15) is 0 Å². The Bertz CT molecular complexity index is 855. The summed E-state index contributed by atoms with van der Waals surface area (Å²) < 4.78 is 5.72. The Morgan fingerprint density at radius 1 is 1.25 bits per heavy atom. The van der Waals surface area contributed by atoms with Gasteiger partial charge in [-0.3, -0.25) is 24.5 Å². The molecule has 0 saturated carbocycles. The first-order valence-electron chi connectivity index (χ1n) is 9.36. The Labute approximate surface area is 161 Å². The van der Waals surface area contributed by atoms with Gasteiger partial charge in [0.1, 0.15) is 11.8 Å². The van der Waals surface area contributed by atoms with Gasteiger partial charge in [-0.05, 0) is 25.0 Å². The standard InChI is InChI=1S/C19H22N4O5/c20-11-6-7-22(8-11)17(25)10-28-15-3-1-2-12-13(15)9-23(19(12)27)14-4-5-16(24)21-18(14)26/h1-3,11,14H,4-10,20H2,(H,21,24,26). The number of hydrogen-bond acceptors (Lipinski definition) is 6. The third kappa shape index (κ3) is 3.33. The third-order valence-corrected chi connectivity index (χ3v) is 5.47. The summed E-state index contributed by atoms with van der Waals surface area (Å²) in [4.78, 5) is 51.7. The Hall–Kier alpha value is -2.94. The molecule has 9 nitrogen and oxygen atoms in total. The number of carbonyl (C=O) groups is 4. The molecule has 0 aliphatic carbocycles. The summed E-state index contributed by atoms with van der Waals surface area (Å²) in [6.07, 6.45) is 1.28. The molecule has 28 heavy (non-hydrogen) atoms. The Kier molecular flexibility index (Phi) is 4.76. The fraction of sp³-hybridized carbons (Fsp3) is 0.474. The molecule has 0 aromatic heterocycles. The SMILES string of the molecule is NC1CCN(C(=O)COc2cccc3c2CN(C2CCC(=O)NC2=O)C3=O)C1. The smallest absolute Gasteiger partial charge is 0.260 e. The molecule has 148 valence electrons. The molecule has 0 bridgehead atoms. The van der Waals surface area contributed by atoms with Crippen molar-refractivity contribution in [3.63, 3.8) is 0 Å². The highest BCUT2D eigenvalue weighted by atomic mass is 16.5. The molecule has 4 rings (SSSR count). The Morgan fingerprint density at radius 2 is 2.07 bits per heavy atom. The normalized spacial score (nSPS) is 24.4. The van der Waals surface area contributed by atoms with E-state index in [1.807, 2.05) is 0 Å². The predicted molar refractivity (Wildman–Crippen MR) is 97.2 cm³/mol. The van der Waals surface area contributed by atoms with Gasteiger partial charge in [0.25, 0.3) is 11.8 Å². The zero-order valence-electron chi connectivity index (χ0n) is 15.3. The number of imide groups is 1. The summed E-state index contributed by atoms with van der Waals surface area (Å²) in [5.74, 6) is -0.740. The number of likely N-dealkylation sites (tertiary alicyclic amines) is 1. The van der Waals surface area contributed by atoms with Crippen molar-refractivity contribution in [1.82, 2.24) is 15.1 Å². The summed E-state index contributed by atoms with van der Waals surface area (Å²) in [7, 11) is 0. The highest BCUT2D eigenvalue weighted by Gasteiger charge is 2.40. The highest BCUT2D eigenvalue weighted by molar-refractivity contribution is 6.05. The molecule has 2 fully saturated rings. The van der Waals surface area contributed by atoms with E-state index in [4.69, 9.17) is 10.5 Å². The number of fused-ring (bicyclic) bond motifs is 1. The molecule has 0 radical (unpaired) electrons. The van der Waals surface area contributed by atoms with E-state index in [0.29, 0.717) is 36.4 Å². The van der Waals surface area contributed by atoms with Crippen LogP contribution in [0.15, 0.2) is 18.2 Å². The van der Waals surface area contributed by atoms with Crippen molar-refractivity contribution in [3.8, 4) is 5.75 Å². The largest absolute Gasteiger partial charge is 0.483 e. The van der Waals surface area contributed by atoms with Gasteiger partial charge in [-0.1, -0.05) is 6.07 Å². The van der Waals surface area contributed by atoms with Crippen molar-refractivity contribution in [2.75, 3.05) is 19.7 Å². The zero-order valence-corrected chi connectivity index (χ0v) is 15.3. The summed E-state index contributed by atoms with van der Waals surface area (Å²) >= 11 is 0. The molecule has 2 atom stereocenters. The van der Waals surface area contributed by atoms with E-state index in [-0.39, 0.29) is 43.3 Å². The van der Waals surface area contributed by atoms with Crippen LogP contribution in [0, 0.1) is 0 Å². The van der Waals surface area contributed by atoms with Crippen LogP contribution < -0.4 is 15.8 Å². The van der Waals surface area contributed by atoms with Crippen LogP contribution in [0.25, 0.3) is 0 Å². The number of ether oxygens (including phenoxy) is 1. The van der Waals surface area contributed by atoms with Crippen molar-refractivity contribution in [3.05, 3.63) is 29.3 Å². The molecule has 1 aromatic carbocycles. The molecule has 2 unspecified atom stereocenters. The molecule has 3 aliphatic rings. The Balaban J connectivity index is 1.46. The minimum absolute atomic E-state index is 0.00428. The molecular weight excluding hydrogens is 364 g/mol. The zero-order chi connectivity index (χ0) is 19.8. The third-order valence-electron chi connectivity index (χ3n) is 5.47. The van der Waals surface area contributed by atoms with Gasteiger partial charge in [0, 0.05) is 36.7 Å². The van der Waals surface area contributed by atoms with Crippen LogP contribution in [-0.2, 0) is 20.9 Å². The molecule has 1 aromatic rings. The van der Waals surface area contributed by atoms with Gasteiger partial charge in [0.15, 0.2) is 6.61 Å². The van der Waals surface area contributed by atoms with Gasteiger partial charge in [0.05, 0.1) is 6.54 Å². The van der Waals surface area contributed by atoms with Crippen LogP contribution in [0.5, 0.6) is 5.75 Å². The molecule has 2 saturated heterocycles. The topological polar surface area (TPSA) is 122 Å². The van der Waals surface area contributed by atoms with E-state index in [2.05, 4.69) is 5.32 Å². The fourth-order valence-electron chi connectivity index (χ4n) is 3.94. The number of nitrogens with zero attached hydrogens (tertiary/aromatic N) is 2. The minimum Gasteiger partial charge on any atom is -0.483 e. The first-order chi connectivity index (χ1) is 13.4. The second-order valence-electron chi connectivity index (χ2n) is 7.36. The number of hydrogen-bond donors (Lipinski definition) is 2. The monoisotopic (exact) mass is 386 g/mol. The van der Waals surface area contributed by atoms with E-state index >= 15 is 0 Å². The van der Waals surface area contributed by atoms with Crippen LogP contribution in [0.1, 0.15) is 35.2 Å². The lowest BCUT2D eigenvalue weighted by Crippen LogP contribution is -2.52. The summed E-state index contributed by atoms with van der Waals surface area (Å²) in [6, 6.07) is 4.40. The second kappa shape index (κ2) is 7.23. The lowest BCUT2D eigenvalue weighted by atomic mass is 10.0. The van der Waals surface area contributed by atoms with Gasteiger partial charge in [-0.25, -0.2) is 0 Å². The van der Waals surface area contributed by atoms with Crippen molar-refractivity contribution in [2.45, 2.75) is 37.9 Å². The van der Waals surface area contributed by atoms with E-state index in [1.54, 1.807) is 23.1 Å². The lowest BCUT2D eigenvalue weighted by Gasteiger charge is -2.29. The lowest BCUT2D eigenvalue weighted by molar-refractivity contribution is -0.137. The summed E-state index contributed by atoms with van der Waals surface area (Å²) in [5.41, 5.74) is 6.95. The average Bonchev–Trinajstić information content (AvgIpc) is 3.24.